The molecule has 31 heavy (non-hydrogen) atoms. The number of halogens is 1. The third kappa shape index (κ3) is 4.56. The van der Waals surface area contributed by atoms with Crippen molar-refractivity contribution in [3.8, 4) is 28.4 Å². The van der Waals surface area contributed by atoms with Crippen LogP contribution in [0.2, 0.25) is 0 Å². The first kappa shape index (κ1) is 20.9. The van der Waals surface area contributed by atoms with Gasteiger partial charge in [-0.05, 0) is 57.1 Å². The van der Waals surface area contributed by atoms with E-state index in [2.05, 4.69) is 31.8 Å². The number of nitrogen functional groups attached to an aromatic ring is 2. The summed E-state index contributed by atoms with van der Waals surface area (Å²) in [5.74, 6) is -0.387. The Morgan fingerprint density at radius 2 is 1.87 bits per heavy atom. The number of hydrogen-bond acceptors (Lipinski definition) is 8. The molecule has 0 saturated carbocycles. The van der Waals surface area contributed by atoms with E-state index >= 15 is 0 Å². The van der Waals surface area contributed by atoms with Gasteiger partial charge < -0.3 is 21.5 Å². The first-order valence-corrected chi connectivity index (χ1v) is 10.4. The van der Waals surface area contributed by atoms with Crippen molar-refractivity contribution in [2.75, 3.05) is 31.1 Å². The van der Waals surface area contributed by atoms with Crippen molar-refractivity contribution in [2.45, 2.75) is 32.1 Å². The van der Waals surface area contributed by atoms with E-state index in [4.69, 9.17) is 11.5 Å². The Kier molecular flexibility index (Phi) is 5.94. The minimum atomic E-state index is -0.669. The molecule has 9 heteroatoms. The van der Waals surface area contributed by atoms with Crippen molar-refractivity contribution >= 4 is 11.8 Å². The molecule has 1 aliphatic heterocycles. The molecule has 0 aliphatic carbocycles. The first-order chi connectivity index (χ1) is 14.9. The minimum absolute atomic E-state index is 0.0495. The van der Waals surface area contributed by atoms with E-state index in [0.717, 1.165) is 50.7 Å². The molecular weight excluding hydrogens is 397 g/mol. The normalized spacial score (nSPS) is 15.3. The van der Waals surface area contributed by atoms with E-state index in [9.17, 15) is 9.50 Å². The van der Waals surface area contributed by atoms with Gasteiger partial charge in [0.25, 0.3) is 0 Å². The first-order valence-electron chi connectivity index (χ1n) is 10.4. The van der Waals surface area contributed by atoms with Gasteiger partial charge in [0.05, 0.1) is 5.69 Å². The van der Waals surface area contributed by atoms with Gasteiger partial charge in [-0.15, -0.1) is 0 Å². The van der Waals surface area contributed by atoms with Crippen LogP contribution in [0.25, 0.3) is 22.6 Å². The molecule has 162 valence electrons. The molecular formula is C22H26FN7O. The SMILES string of the molecule is CCCN1CCC(c2cc(-c3nc(-c4ccnc(N)c4)c(F)cc3O)nc(N)n2)CC1. The average molecular weight is 423 g/mol. The smallest absolute Gasteiger partial charge is 0.220 e. The zero-order valence-electron chi connectivity index (χ0n) is 17.4. The Morgan fingerprint density at radius 1 is 1.10 bits per heavy atom. The van der Waals surface area contributed by atoms with E-state index in [1.165, 1.54) is 12.3 Å². The fourth-order valence-electron chi connectivity index (χ4n) is 4.05. The number of rotatable bonds is 5. The maximum atomic E-state index is 14.6. The van der Waals surface area contributed by atoms with Gasteiger partial charge in [-0.3, -0.25) is 0 Å². The zero-order chi connectivity index (χ0) is 22.0. The summed E-state index contributed by atoms with van der Waals surface area (Å²) in [6.45, 7) is 5.29. The van der Waals surface area contributed by atoms with Crippen LogP contribution in [0.15, 0.2) is 30.5 Å². The van der Waals surface area contributed by atoms with Gasteiger partial charge in [0.1, 0.15) is 23.0 Å². The summed E-state index contributed by atoms with van der Waals surface area (Å²) in [7, 11) is 0. The van der Waals surface area contributed by atoms with Crippen LogP contribution in [-0.4, -0.2) is 49.6 Å². The summed E-state index contributed by atoms with van der Waals surface area (Å²) < 4.78 is 14.6. The fourth-order valence-corrected chi connectivity index (χ4v) is 4.05. The lowest BCUT2D eigenvalue weighted by molar-refractivity contribution is 0.211. The molecule has 3 aromatic rings. The van der Waals surface area contributed by atoms with Crippen LogP contribution in [0.3, 0.4) is 0 Å². The Morgan fingerprint density at radius 3 is 2.58 bits per heavy atom. The van der Waals surface area contributed by atoms with Gasteiger partial charge in [0.15, 0.2) is 5.82 Å². The molecule has 0 bridgehead atoms. The van der Waals surface area contributed by atoms with E-state index in [0.29, 0.717) is 11.3 Å². The highest BCUT2D eigenvalue weighted by Crippen LogP contribution is 2.34. The third-order valence-corrected chi connectivity index (χ3v) is 5.56. The van der Waals surface area contributed by atoms with Crippen molar-refractivity contribution < 1.29 is 9.50 Å². The molecule has 1 saturated heterocycles. The number of piperidine rings is 1. The molecule has 1 aliphatic rings. The average Bonchev–Trinajstić information content (AvgIpc) is 2.74. The van der Waals surface area contributed by atoms with Crippen molar-refractivity contribution in [1.29, 1.82) is 0 Å². The number of anilines is 2. The Hall–Kier alpha value is -3.33. The summed E-state index contributed by atoms with van der Waals surface area (Å²) in [5, 5.41) is 10.4. The quantitative estimate of drug-likeness (QED) is 0.571. The summed E-state index contributed by atoms with van der Waals surface area (Å²) in [6, 6.07) is 5.94. The second-order valence-electron chi connectivity index (χ2n) is 7.81. The largest absolute Gasteiger partial charge is 0.505 e. The number of aromatic nitrogens is 4. The van der Waals surface area contributed by atoms with Crippen molar-refractivity contribution in [2.24, 2.45) is 0 Å². The van der Waals surface area contributed by atoms with Gasteiger partial charge in [-0.1, -0.05) is 6.92 Å². The van der Waals surface area contributed by atoms with Crippen molar-refractivity contribution in [1.82, 2.24) is 24.8 Å². The topological polar surface area (TPSA) is 127 Å². The Balaban J connectivity index is 1.69. The Bertz CT molecular complexity index is 1080. The van der Waals surface area contributed by atoms with E-state index in [1.807, 2.05) is 0 Å². The van der Waals surface area contributed by atoms with Crippen molar-refractivity contribution in [3.05, 3.63) is 42.0 Å². The van der Waals surface area contributed by atoms with Crippen LogP contribution in [0.4, 0.5) is 16.2 Å². The number of aromatic hydroxyl groups is 1. The van der Waals surface area contributed by atoms with Crippen LogP contribution >= 0.6 is 0 Å². The zero-order valence-corrected chi connectivity index (χ0v) is 17.4. The number of hydrogen-bond donors (Lipinski definition) is 3. The number of pyridine rings is 2. The molecule has 4 rings (SSSR count). The van der Waals surface area contributed by atoms with Crippen molar-refractivity contribution in [3.63, 3.8) is 0 Å². The molecule has 8 nitrogen and oxygen atoms in total. The van der Waals surface area contributed by atoms with Gasteiger partial charge in [-0.2, -0.15) is 0 Å². The standard InChI is InChI=1S/C22H26FN7O/c1-2-7-30-8-4-13(5-9-30)16-12-17(28-22(25)27-16)21-18(31)11-15(23)20(29-21)14-3-6-26-19(24)10-14/h3,6,10-13,31H,2,4-5,7-9H2,1H3,(H2,24,26)(H2,25,27,28). The summed E-state index contributed by atoms with van der Waals surface area (Å²) in [6.07, 6.45) is 4.56. The molecule has 0 atom stereocenters. The highest BCUT2D eigenvalue weighted by molar-refractivity contribution is 5.70. The van der Waals surface area contributed by atoms with Gasteiger partial charge in [-0.25, -0.2) is 24.3 Å². The number of nitrogens with two attached hydrogens (primary N) is 2. The number of likely N-dealkylation sites (tertiary alicyclic amines) is 1. The van der Waals surface area contributed by atoms with Crippen LogP contribution in [0, 0.1) is 5.82 Å². The van der Waals surface area contributed by atoms with Gasteiger partial charge in [0, 0.05) is 29.4 Å². The van der Waals surface area contributed by atoms with E-state index < -0.39 is 5.82 Å². The molecule has 0 spiro atoms. The van der Waals surface area contributed by atoms with Crippen LogP contribution < -0.4 is 11.5 Å². The maximum Gasteiger partial charge on any atom is 0.220 e. The predicted molar refractivity (Wildman–Crippen MR) is 118 cm³/mol. The second-order valence-corrected chi connectivity index (χ2v) is 7.81. The third-order valence-electron chi connectivity index (χ3n) is 5.56. The lowest BCUT2D eigenvalue weighted by atomic mass is 9.92. The van der Waals surface area contributed by atoms with Crippen LogP contribution in [0.5, 0.6) is 5.75 Å². The summed E-state index contributed by atoms with van der Waals surface area (Å²) >= 11 is 0. The minimum Gasteiger partial charge on any atom is -0.505 e. The van der Waals surface area contributed by atoms with Crippen LogP contribution in [0.1, 0.15) is 37.8 Å². The highest BCUT2D eigenvalue weighted by atomic mass is 19.1. The molecule has 0 aromatic carbocycles. The Labute approximate surface area is 180 Å². The molecule has 3 aromatic heterocycles. The summed E-state index contributed by atoms with van der Waals surface area (Å²) in [4.78, 5) is 19.4. The molecule has 5 N–H and O–H groups in total. The fraction of sp³-hybridized carbons (Fsp3) is 0.364. The molecule has 1 fully saturated rings. The second kappa shape index (κ2) is 8.81. The van der Waals surface area contributed by atoms with E-state index in [-0.39, 0.29) is 34.8 Å². The predicted octanol–water partition coefficient (Wildman–Crippen LogP) is 3.20. The highest BCUT2D eigenvalue weighted by Gasteiger charge is 2.23. The van der Waals surface area contributed by atoms with Crippen LogP contribution in [-0.2, 0) is 0 Å². The monoisotopic (exact) mass is 423 g/mol. The van der Waals surface area contributed by atoms with E-state index in [1.54, 1.807) is 12.1 Å². The summed E-state index contributed by atoms with van der Waals surface area (Å²) in [5.41, 5.74) is 13.5. The molecule has 0 radical (unpaired) electrons. The van der Waals surface area contributed by atoms with Gasteiger partial charge in [0.2, 0.25) is 5.95 Å². The molecule has 0 unspecified atom stereocenters. The molecule has 0 amide bonds. The lowest BCUT2D eigenvalue weighted by Gasteiger charge is -2.31. The molecule has 4 heterocycles. The lowest BCUT2D eigenvalue weighted by Crippen LogP contribution is -2.33. The number of nitrogens with zero attached hydrogens (tertiary/aromatic N) is 5. The maximum absolute atomic E-state index is 14.6. The van der Waals surface area contributed by atoms with Gasteiger partial charge >= 0.3 is 0 Å².